The quantitative estimate of drug-likeness (QED) is 0.648. The predicted octanol–water partition coefficient (Wildman–Crippen LogP) is 2.95. The lowest BCUT2D eigenvalue weighted by Gasteiger charge is -2.36. The number of rotatable bonds is 2. The third-order valence-corrected chi connectivity index (χ3v) is 4.57. The second-order valence-electron chi connectivity index (χ2n) is 4.74. The normalized spacial score (nSPS) is 24.1. The van der Waals surface area contributed by atoms with Gasteiger partial charge in [0.2, 0.25) is 0 Å². The van der Waals surface area contributed by atoms with E-state index in [-0.39, 0.29) is 5.84 Å². The molecule has 2 unspecified atom stereocenters. The number of halogens is 1. The van der Waals surface area contributed by atoms with Crippen molar-refractivity contribution in [1.82, 2.24) is 0 Å². The minimum absolute atomic E-state index is 0.0162. The van der Waals surface area contributed by atoms with Gasteiger partial charge in [0.05, 0.1) is 5.02 Å². The number of hydrogen-bond donors (Lipinski definition) is 2. The van der Waals surface area contributed by atoms with Gasteiger partial charge in [0.1, 0.15) is 5.84 Å². The third kappa shape index (κ3) is 2.93. The van der Waals surface area contributed by atoms with Crippen LogP contribution >= 0.6 is 23.4 Å². The van der Waals surface area contributed by atoms with Crippen LogP contribution in [0.1, 0.15) is 19.4 Å². The molecule has 0 saturated carbocycles. The summed E-state index contributed by atoms with van der Waals surface area (Å²) in [4.78, 5) is 2.35. The fraction of sp³-hybridized carbons (Fsp3) is 0.462. The smallest absolute Gasteiger partial charge is 0.124 e. The van der Waals surface area contributed by atoms with Gasteiger partial charge in [0.15, 0.2) is 0 Å². The number of amidine groups is 1. The van der Waals surface area contributed by atoms with Crippen LogP contribution in [0.2, 0.25) is 5.02 Å². The number of benzene rings is 1. The van der Waals surface area contributed by atoms with Gasteiger partial charge in [-0.05, 0) is 18.2 Å². The molecule has 18 heavy (non-hydrogen) atoms. The summed E-state index contributed by atoms with van der Waals surface area (Å²) in [5.74, 6) is 0.0162. The van der Waals surface area contributed by atoms with Crippen LogP contribution in [0.25, 0.3) is 0 Å². The van der Waals surface area contributed by atoms with Crippen molar-refractivity contribution in [1.29, 1.82) is 5.41 Å². The number of nitrogens with two attached hydrogens (primary N) is 1. The molecule has 1 aromatic carbocycles. The molecule has 2 atom stereocenters. The largest absolute Gasteiger partial charge is 0.384 e. The maximum absolute atomic E-state index is 7.43. The van der Waals surface area contributed by atoms with E-state index >= 15 is 0 Å². The van der Waals surface area contributed by atoms with Crippen LogP contribution in [-0.2, 0) is 0 Å². The van der Waals surface area contributed by atoms with Gasteiger partial charge in [0.25, 0.3) is 0 Å². The highest BCUT2D eigenvalue weighted by atomic mass is 35.5. The van der Waals surface area contributed by atoms with Gasteiger partial charge in [-0.25, -0.2) is 0 Å². The van der Waals surface area contributed by atoms with E-state index in [0.29, 0.717) is 21.1 Å². The molecule has 1 aliphatic rings. The maximum Gasteiger partial charge on any atom is 0.124 e. The highest BCUT2D eigenvalue weighted by Gasteiger charge is 2.22. The molecule has 0 spiro atoms. The topological polar surface area (TPSA) is 53.1 Å². The van der Waals surface area contributed by atoms with E-state index < -0.39 is 0 Å². The second kappa shape index (κ2) is 5.41. The van der Waals surface area contributed by atoms with Crippen LogP contribution in [-0.4, -0.2) is 29.4 Å². The number of hydrogen-bond acceptors (Lipinski definition) is 3. The average Bonchev–Trinajstić information content (AvgIpc) is 2.26. The van der Waals surface area contributed by atoms with E-state index in [1.54, 1.807) is 0 Å². The van der Waals surface area contributed by atoms with Gasteiger partial charge in [-0.15, -0.1) is 0 Å². The first kappa shape index (κ1) is 13.6. The molecule has 0 bridgehead atoms. The van der Waals surface area contributed by atoms with E-state index in [2.05, 4.69) is 18.7 Å². The Morgan fingerprint density at radius 1 is 1.39 bits per heavy atom. The zero-order chi connectivity index (χ0) is 13.3. The Labute approximate surface area is 117 Å². The van der Waals surface area contributed by atoms with Gasteiger partial charge in [-0.1, -0.05) is 25.4 Å². The highest BCUT2D eigenvalue weighted by Crippen LogP contribution is 2.30. The Bertz CT molecular complexity index is 454. The average molecular weight is 284 g/mol. The minimum Gasteiger partial charge on any atom is -0.384 e. The molecule has 3 nitrogen and oxygen atoms in total. The Balaban J connectivity index is 2.23. The summed E-state index contributed by atoms with van der Waals surface area (Å²) in [5.41, 5.74) is 7.19. The molecule has 5 heteroatoms. The third-order valence-electron chi connectivity index (χ3n) is 3.03. The van der Waals surface area contributed by atoms with Crippen molar-refractivity contribution < 1.29 is 0 Å². The van der Waals surface area contributed by atoms with Crippen molar-refractivity contribution in [2.75, 3.05) is 18.0 Å². The summed E-state index contributed by atoms with van der Waals surface area (Å²) in [5, 5.41) is 9.24. The molecule has 1 fully saturated rings. The zero-order valence-corrected chi connectivity index (χ0v) is 12.2. The molecule has 3 N–H and O–H groups in total. The predicted molar refractivity (Wildman–Crippen MR) is 81.2 cm³/mol. The van der Waals surface area contributed by atoms with Gasteiger partial charge in [-0.3, -0.25) is 5.41 Å². The summed E-state index contributed by atoms with van der Waals surface area (Å²) < 4.78 is 0. The first-order valence-corrected chi connectivity index (χ1v) is 7.34. The van der Waals surface area contributed by atoms with E-state index in [1.165, 1.54) is 0 Å². The molecule has 0 radical (unpaired) electrons. The Kier molecular flexibility index (Phi) is 4.07. The van der Waals surface area contributed by atoms with Crippen LogP contribution < -0.4 is 10.6 Å². The fourth-order valence-electron chi connectivity index (χ4n) is 2.31. The summed E-state index contributed by atoms with van der Waals surface area (Å²) in [7, 11) is 0. The van der Waals surface area contributed by atoms with Gasteiger partial charge in [0, 0.05) is 34.8 Å². The Hall–Kier alpha value is -0.870. The van der Waals surface area contributed by atoms with E-state index in [0.717, 1.165) is 18.8 Å². The van der Waals surface area contributed by atoms with Crippen LogP contribution in [0, 0.1) is 5.41 Å². The van der Waals surface area contributed by atoms with E-state index in [4.69, 9.17) is 22.7 Å². The van der Waals surface area contributed by atoms with Crippen molar-refractivity contribution in [3.05, 3.63) is 28.8 Å². The van der Waals surface area contributed by atoms with Crippen molar-refractivity contribution in [2.24, 2.45) is 5.73 Å². The zero-order valence-electron chi connectivity index (χ0n) is 10.6. The van der Waals surface area contributed by atoms with Crippen LogP contribution in [0.4, 0.5) is 5.69 Å². The molecule has 1 aliphatic heterocycles. The molecule has 0 aromatic heterocycles. The summed E-state index contributed by atoms with van der Waals surface area (Å²) in [6.45, 7) is 6.56. The highest BCUT2D eigenvalue weighted by molar-refractivity contribution is 8.00. The van der Waals surface area contributed by atoms with Crippen molar-refractivity contribution in [2.45, 2.75) is 24.3 Å². The molecule has 2 rings (SSSR count). The van der Waals surface area contributed by atoms with Gasteiger partial charge >= 0.3 is 0 Å². The monoisotopic (exact) mass is 283 g/mol. The molecule has 1 heterocycles. The van der Waals surface area contributed by atoms with Gasteiger partial charge < -0.3 is 10.6 Å². The molecule has 0 amide bonds. The maximum atomic E-state index is 7.43. The minimum atomic E-state index is 0.0162. The van der Waals surface area contributed by atoms with E-state index in [9.17, 15) is 0 Å². The Morgan fingerprint density at radius 3 is 2.50 bits per heavy atom. The number of thioether (sulfide) groups is 1. The molecular weight excluding hydrogens is 266 g/mol. The molecule has 0 aliphatic carbocycles. The lowest BCUT2D eigenvalue weighted by Crippen LogP contribution is -2.40. The van der Waals surface area contributed by atoms with Crippen LogP contribution in [0.3, 0.4) is 0 Å². The van der Waals surface area contributed by atoms with Crippen molar-refractivity contribution >= 4 is 34.9 Å². The first-order valence-electron chi connectivity index (χ1n) is 6.01. The number of anilines is 1. The summed E-state index contributed by atoms with van der Waals surface area (Å²) in [6, 6.07) is 5.74. The van der Waals surface area contributed by atoms with Crippen molar-refractivity contribution in [3.63, 3.8) is 0 Å². The molecular formula is C13H18ClN3S. The second-order valence-corrected chi connectivity index (χ2v) is 7.03. The van der Waals surface area contributed by atoms with Gasteiger partial charge in [-0.2, -0.15) is 11.8 Å². The summed E-state index contributed by atoms with van der Waals surface area (Å²) >= 11 is 8.19. The van der Waals surface area contributed by atoms with Crippen molar-refractivity contribution in [3.8, 4) is 0 Å². The lowest BCUT2D eigenvalue weighted by molar-refractivity contribution is 0.728. The first-order chi connectivity index (χ1) is 8.47. The van der Waals surface area contributed by atoms with E-state index in [1.807, 2.05) is 30.0 Å². The number of nitrogen functional groups attached to an aromatic ring is 1. The molecule has 1 aromatic rings. The van der Waals surface area contributed by atoms with Crippen LogP contribution in [0.5, 0.6) is 0 Å². The Morgan fingerprint density at radius 2 is 2.00 bits per heavy atom. The van der Waals surface area contributed by atoms with Crippen LogP contribution in [0.15, 0.2) is 18.2 Å². The number of nitrogens with zero attached hydrogens (tertiary/aromatic N) is 1. The SMILES string of the molecule is CC1CN(c2ccc(C(=N)N)c(Cl)c2)CC(C)S1. The fourth-order valence-corrected chi connectivity index (χ4v) is 3.91. The lowest BCUT2D eigenvalue weighted by atomic mass is 10.1. The summed E-state index contributed by atoms with van der Waals surface area (Å²) in [6.07, 6.45) is 0. The standard InChI is InChI=1S/C13H18ClN3S/c1-8-6-17(7-9(2)18-8)10-3-4-11(13(15)16)12(14)5-10/h3-5,8-9H,6-7H2,1-2H3,(H3,15,16). The molecule has 98 valence electrons. The number of nitrogens with one attached hydrogen (secondary N) is 1. The molecule has 1 saturated heterocycles.